The maximum atomic E-state index is 6.11. The second-order valence-electron chi connectivity index (χ2n) is 9.79. The lowest BCUT2D eigenvalue weighted by Gasteiger charge is -2.11. The van der Waals surface area contributed by atoms with Crippen LogP contribution in [0.5, 0.6) is 0 Å². The number of fused-ring (bicyclic) bond motifs is 4. The van der Waals surface area contributed by atoms with E-state index >= 15 is 0 Å². The second-order valence-corrected chi connectivity index (χ2v) is 9.79. The number of benzene rings is 4. The molecule has 188 valence electrons. The van der Waals surface area contributed by atoms with Crippen LogP contribution in [-0.4, -0.2) is 19.5 Å². The van der Waals surface area contributed by atoms with Crippen molar-refractivity contribution in [3.05, 3.63) is 134 Å². The van der Waals surface area contributed by atoms with Crippen molar-refractivity contribution in [3.63, 3.8) is 0 Å². The monoisotopic (exact) mass is 514 g/mol. The van der Waals surface area contributed by atoms with Gasteiger partial charge in [0, 0.05) is 51.7 Å². The summed E-state index contributed by atoms with van der Waals surface area (Å²) >= 11 is 0. The van der Waals surface area contributed by atoms with Crippen LogP contribution in [0.15, 0.2) is 138 Å². The normalized spacial score (nSPS) is 11.5. The zero-order valence-electron chi connectivity index (χ0n) is 21.4. The van der Waals surface area contributed by atoms with Gasteiger partial charge in [0.05, 0.1) is 16.7 Å². The molecule has 0 atom stereocenters. The molecule has 0 N–H and O–H groups in total. The molecule has 40 heavy (non-hydrogen) atoms. The molecule has 0 saturated carbocycles. The van der Waals surface area contributed by atoms with E-state index in [4.69, 9.17) is 14.4 Å². The molecule has 0 bridgehead atoms. The Morgan fingerprint density at radius 3 is 2.27 bits per heavy atom. The van der Waals surface area contributed by atoms with Gasteiger partial charge in [0.15, 0.2) is 5.58 Å². The van der Waals surface area contributed by atoms with Gasteiger partial charge in [0.25, 0.3) is 0 Å². The molecule has 8 aromatic rings. The van der Waals surface area contributed by atoms with Crippen molar-refractivity contribution in [2.24, 2.45) is 0 Å². The molecule has 0 radical (unpaired) electrons. The lowest BCUT2D eigenvalue weighted by molar-refractivity contribution is 0.620. The molecule has 4 heterocycles. The molecule has 4 aromatic carbocycles. The third-order valence-corrected chi connectivity index (χ3v) is 7.39. The van der Waals surface area contributed by atoms with Crippen molar-refractivity contribution in [2.75, 3.05) is 0 Å². The van der Waals surface area contributed by atoms with Crippen LogP contribution in [0, 0.1) is 0 Å². The molecule has 5 nitrogen and oxygen atoms in total. The minimum absolute atomic E-state index is 0.618. The molecule has 5 heteroatoms. The SMILES string of the molecule is c1cc(-c2ccc(-c3ccncc3)cn2)cc(-n2c3ccccc3c3ccc(-c4nc5ccccc5o4)cc32)c1. The number of nitrogens with zero attached hydrogens (tertiary/aromatic N) is 4. The summed E-state index contributed by atoms with van der Waals surface area (Å²) in [5.41, 5.74) is 10.0. The van der Waals surface area contributed by atoms with Gasteiger partial charge in [-0.3, -0.25) is 9.97 Å². The predicted molar refractivity (Wildman–Crippen MR) is 160 cm³/mol. The van der Waals surface area contributed by atoms with Crippen molar-refractivity contribution in [3.8, 4) is 39.5 Å². The fourth-order valence-electron chi connectivity index (χ4n) is 5.46. The first kappa shape index (κ1) is 22.4. The number of oxazole rings is 1. The number of hydrogen-bond acceptors (Lipinski definition) is 4. The van der Waals surface area contributed by atoms with E-state index < -0.39 is 0 Å². The highest BCUT2D eigenvalue weighted by Gasteiger charge is 2.16. The van der Waals surface area contributed by atoms with E-state index in [-0.39, 0.29) is 0 Å². The predicted octanol–water partition coefficient (Wildman–Crippen LogP) is 8.72. The summed E-state index contributed by atoms with van der Waals surface area (Å²) in [5.74, 6) is 0.618. The summed E-state index contributed by atoms with van der Waals surface area (Å²) in [6.45, 7) is 0. The van der Waals surface area contributed by atoms with Gasteiger partial charge in [-0.25, -0.2) is 4.98 Å². The number of pyridine rings is 2. The molecule has 0 amide bonds. The van der Waals surface area contributed by atoms with Gasteiger partial charge in [-0.2, -0.15) is 0 Å². The summed E-state index contributed by atoms with van der Waals surface area (Å²) in [5, 5.41) is 2.38. The average Bonchev–Trinajstić information content (AvgIpc) is 3.61. The molecule has 4 aromatic heterocycles. The maximum absolute atomic E-state index is 6.11. The quantitative estimate of drug-likeness (QED) is 0.236. The molecule has 0 saturated heterocycles. The first-order valence-electron chi connectivity index (χ1n) is 13.2. The number of aromatic nitrogens is 4. The standard InChI is InChI=1S/C35H22N4O/c1-3-10-32-28(8-1)29-14-12-25(35-38-31-9-2-4-11-34(31)40-35)21-33(29)39(32)27-7-5-6-24(20-27)30-15-13-26(22-37-30)23-16-18-36-19-17-23/h1-22H. The van der Waals surface area contributed by atoms with E-state index in [0.29, 0.717) is 5.89 Å². The van der Waals surface area contributed by atoms with Crippen LogP contribution >= 0.6 is 0 Å². The van der Waals surface area contributed by atoms with Crippen LogP contribution in [0.2, 0.25) is 0 Å². The highest BCUT2D eigenvalue weighted by Crippen LogP contribution is 2.36. The molecule has 0 aliphatic carbocycles. The summed E-state index contributed by atoms with van der Waals surface area (Å²) in [7, 11) is 0. The minimum Gasteiger partial charge on any atom is -0.436 e. The first-order valence-corrected chi connectivity index (χ1v) is 13.2. The first-order chi connectivity index (χ1) is 19.8. The van der Waals surface area contributed by atoms with Gasteiger partial charge in [-0.15, -0.1) is 0 Å². The lowest BCUT2D eigenvalue weighted by atomic mass is 10.1. The Morgan fingerprint density at radius 1 is 0.575 bits per heavy atom. The molecule has 0 unspecified atom stereocenters. The van der Waals surface area contributed by atoms with E-state index in [9.17, 15) is 0 Å². The summed E-state index contributed by atoms with van der Waals surface area (Å²) in [6, 6.07) is 39.5. The van der Waals surface area contributed by atoms with Crippen LogP contribution < -0.4 is 0 Å². The molecular weight excluding hydrogens is 492 g/mol. The molecule has 0 spiro atoms. The Kier molecular flexibility index (Phi) is 5.07. The lowest BCUT2D eigenvalue weighted by Crippen LogP contribution is -1.95. The minimum atomic E-state index is 0.618. The Balaban J connectivity index is 1.27. The van der Waals surface area contributed by atoms with Crippen LogP contribution in [-0.2, 0) is 0 Å². The van der Waals surface area contributed by atoms with E-state index in [0.717, 1.165) is 55.8 Å². The van der Waals surface area contributed by atoms with Crippen LogP contribution in [0.25, 0.3) is 72.4 Å². The van der Waals surface area contributed by atoms with E-state index in [1.165, 1.54) is 10.8 Å². The highest BCUT2D eigenvalue weighted by atomic mass is 16.3. The Labute approximate surface area is 230 Å². The zero-order chi connectivity index (χ0) is 26.5. The number of para-hydroxylation sites is 3. The average molecular weight is 515 g/mol. The largest absolute Gasteiger partial charge is 0.436 e. The Hall–Kier alpha value is -5.55. The van der Waals surface area contributed by atoms with Crippen molar-refractivity contribution >= 4 is 32.9 Å². The van der Waals surface area contributed by atoms with E-state index in [2.05, 4.69) is 88.4 Å². The number of rotatable bonds is 4. The summed E-state index contributed by atoms with van der Waals surface area (Å²) in [4.78, 5) is 13.7. The van der Waals surface area contributed by atoms with Crippen molar-refractivity contribution in [1.29, 1.82) is 0 Å². The molecular formula is C35H22N4O. The van der Waals surface area contributed by atoms with Gasteiger partial charge in [0.2, 0.25) is 5.89 Å². The van der Waals surface area contributed by atoms with Crippen LogP contribution in [0.3, 0.4) is 0 Å². The van der Waals surface area contributed by atoms with E-state index in [1.807, 2.05) is 42.6 Å². The topological polar surface area (TPSA) is 56.7 Å². The third kappa shape index (κ3) is 3.68. The van der Waals surface area contributed by atoms with Crippen molar-refractivity contribution < 1.29 is 4.42 Å². The molecule has 0 fully saturated rings. The van der Waals surface area contributed by atoms with Crippen LogP contribution in [0.4, 0.5) is 0 Å². The number of hydrogen-bond donors (Lipinski definition) is 0. The third-order valence-electron chi connectivity index (χ3n) is 7.39. The van der Waals surface area contributed by atoms with Gasteiger partial charge in [-0.05, 0) is 66.2 Å². The van der Waals surface area contributed by atoms with Crippen molar-refractivity contribution in [2.45, 2.75) is 0 Å². The molecule has 0 aliphatic heterocycles. The van der Waals surface area contributed by atoms with Gasteiger partial charge in [0.1, 0.15) is 5.52 Å². The smallest absolute Gasteiger partial charge is 0.227 e. The fraction of sp³-hybridized carbons (Fsp3) is 0. The Morgan fingerprint density at radius 2 is 1.40 bits per heavy atom. The molecule has 0 aliphatic rings. The summed E-state index contributed by atoms with van der Waals surface area (Å²) < 4.78 is 8.42. The highest BCUT2D eigenvalue weighted by molar-refractivity contribution is 6.10. The zero-order valence-corrected chi connectivity index (χ0v) is 21.4. The fourth-order valence-corrected chi connectivity index (χ4v) is 5.46. The van der Waals surface area contributed by atoms with Gasteiger partial charge >= 0.3 is 0 Å². The van der Waals surface area contributed by atoms with Crippen LogP contribution in [0.1, 0.15) is 0 Å². The second kappa shape index (κ2) is 9.03. The van der Waals surface area contributed by atoms with Gasteiger partial charge in [-0.1, -0.05) is 54.6 Å². The maximum Gasteiger partial charge on any atom is 0.227 e. The van der Waals surface area contributed by atoms with Gasteiger partial charge < -0.3 is 8.98 Å². The summed E-state index contributed by atoms with van der Waals surface area (Å²) in [6.07, 6.45) is 5.52. The van der Waals surface area contributed by atoms with Crippen molar-refractivity contribution in [1.82, 2.24) is 19.5 Å². The molecule has 8 rings (SSSR count). The Bertz CT molecular complexity index is 2130. The van der Waals surface area contributed by atoms with E-state index in [1.54, 1.807) is 12.4 Å².